The lowest BCUT2D eigenvalue weighted by Crippen LogP contribution is -2.48. The van der Waals surface area contributed by atoms with Gasteiger partial charge in [0, 0.05) is 45.3 Å². The molecule has 1 amide bonds. The quantitative estimate of drug-likeness (QED) is 0.531. The van der Waals surface area contributed by atoms with Crippen LogP contribution in [-0.4, -0.2) is 52.7 Å². The molecule has 0 radical (unpaired) electrons. The van der Waals surface area contributed by atoms with Gasteiger partial charge in [0.15, 0.2) is 5.78 Å². The van der Waals surface area contributed by atoms with Crippen molar-refractivity contribution >= 4 is 11.7 Å². The number of carbonyl (C=O) groups excluding carboxylic acids is 2. The Labute approximate surface area is 187 Å². The van der Waals surface area contributed by atoms with Crippen molar-refractivity contribution in [2.45, 2.75) is 19.4 Å². The second kappa shape index (κ2) is 10.3. The van der Waals surface area contributed by atoms with E-state index in [9.17, 15) is 14.0 Å². The van der Waals surface area contributed by atoms with Gasteiger partial charge in [-0.15, -0.1) is 0 Å². The van der Waals surface area contributed by atoms with E-state index in [4.69, 9.17) is 0 Å². The standard InChI is InChI=1S/C26H26FN3O2/c27-23-10-6-21(7-11-23)19-29-14-16-30(17-15-29)26(32)22-9-12-24(28-18-22)25(31)13-8-20-4-2-1-3-5-20/h1-7,9-12,18H,8,13-17,19H2. The molecule has 5 nitrogen and oxygen atoms in total. The summed E-state index contributed by atoms with van der Waals surface area (Å²) in [7, 11) is 0. The number of carbonyl (C=O) groups is 2. The van der Waals surface area contributed by atoms with Gasteiger partial charge in [0.05, 0.1) is 5.56 Å². The van der Waals surface area contributed by atoms with E-state index in [0.29, 0.717) is 37.2 Å². The Kier molecular flexibility index (Phi) is 7.02. The van der Waals surface area contributed by atoms with E-state index in [1.807, 2.05) is 35.2 Å². The summed E-state index contributed by atoms with van der Waals surface area (Å²) in [6, 6.07) is 19.7. The summed E-state index contributed by atoms with van der Waals surface area (Å²) in [6.07, 6.45) is 2.56. The van der Waals surface area contributed by atoms with Crippen molar-refractivity contribution < 1.29 is 14.0 Å². The molecule has 1 saturated heterocycles. The molecule has 1 fully saturated rings. The molecule has 1 aliphatic rings. The van der Waals surface area contributed by atoms with Crippen LogP contribution in [0.5, 0.6) is 0 Å². The Balaban J connectivity index is 1.27. The second-order valence-corrected chi connectivity index (χ2v) is 8.04. The van der Waals surface area contributed by atoms with Crippen LogP contribution in [0.25, 0.3) is 0 Å². The van der Waals surface area contributed by atoms with Crippen LogP contribution in [0.2, 0.25) is 0 Å². The molecule has 32 heavy (non-hydrogen) atoms. The van der Waals surface area contributed by atoms with E-state index in [2.05, 4.69) is 9.88 Å². The maximum atomic E-state index is 13.1. The number of piperazine rings is 1. The van der Waals surface area contributed by atoms with Crippen LogP contribution in [0.3, 0.4) is 0 Å². The third-order valence-electron chi connectivity index (χ3n) is 5.76. The van der Waals surface area contributed by atoms with Crippen LogP contribution in [0, 0.1) is 5.82 Å². The molecule has 4 rings (SSSR count). The minimum Gasteiger partial charge on any atom is -0.336 e. The van der Waals surface area contributed by atoms with Crippen LogP contribution in [0.1, 0.15) is 38.4 Å². The average Bonchev–Trinajstić information content (AvgIpc) is 2.85. The summed E-state index contributed by atoms with van der Waals surface area (Å²) in [5, 5.41) is 0. The van der Waals surface area contributed by atoms with Gasteiger partial charge in [0.2, 0.25) is 0 Å². The molecular weight excluding hydrogens is 405 g/mol. The number of hydrogen-bond acceptors (Lipinski definition) is 4. The number of rotatable bonds is 7. The van der Waals surface area contributed by atoms with Crippen LogP contribution < -0.4 is 0 Å². The van der Waals surface area contributed by atoms with Crippen molar-refractivity contribution in [1.82, 2.24) is 14.8 Å². The Bertz CT molecular complexity index is 1040. The highest BCUT2D eigenvalue weighted by molar-refractivity contribution is 5.97. The normalized spacial score (nSPS) is 14.3. The van der Waals surface area contributed by atoms with E-state index in [0.717, 1.165) is 30.8 Å². The van der Waals surface area contributed by atoms with E-state index in [1.165, 1.54) is 18.3 Å². The Morgan fingerprint density at radius 3 is 2.22 bits per heavy atom. The summed E-state index contributed by atoms with van der Waals surface area (Å²) in [5.74, 6) is -0.328. The number of Topliss-reactive ketones (excluding diaryl/α,β-unsaturated/α-hetero) is 1. The summed E-state index contributed by atoms with van der Waals surface area (Å²) in [4.78, 5) is 33.6. The zero-order valence-corrected chi connectivity index (χ0v) is 17.9. The SMILES string of the molecule is O=C(CCc1ccccc1)c1ccc(C(=O)N2CCN(Cc3ccc(F)cc3)CC2)cn1. The number of aryl methyl sites for hydroxylation is 1. The number of nitrogens with zero attached hydrogens (tertiary/aromatic N) is 3. The van der Waals surface area contributed by atoms with Gasteiger partial charge < -0.3 is 4.90 Å². The van der Waals surface area contributed by atoms with Crippen molar-refractivity contribution in [2.24, 2.45) is 0 Å². The Hall–Kier alpha value is -3.38. The number of halogens is 1. The molecule has 1 aliphatic heterocycles. The summed E-state index contributed by atoms with van der Waals surface area (Å²) < 4.78 is 13.1. The summed E-state index contributed by atoms with van der Waals surface area (Å²) >= 11 is 0. The lowest BCUT2D eigenvalue weighted by molar-refractivity contribution is 0.0627. The first kappa shape index (κ1) is 21.8. The summed E-state index contributed by atoms with van der Waals surface area (Å²) in [6.45, 7) is 3.50. The number of amides is 1. The minimum absolute atomic E-state index is 0.0257. The predicted octanol–water partition coefficient (Wildman–Crippen LogP) is 3.99. The van der Waals surface area contributed by atoms with Crippen molar-refractivity contribution in [3.63, 3.8) is 0 Å². The van der Waals surface area contributed by atoms with Crippen molar-refractivity contribution in [2.75, 3.05) is 26.2 Å². The van der Waals surface area contributed by atoms with Gasteiger partial charge in [-0.1, -0.05) is 42.5 Å². The van der Waals surface area contributed by atoms with Gasteiger partial charge in [-0.25, -0.2) is 4.39 Å². The molecule has 0 bridgehead atoms. The zero-order valence-electron chi connectivity index (χ0n) is 17.9. The highest BCUT2D eigenvalue weighted by Crippen LogP contribution is 2.13. The fourth-order valence-corrected chi connectivity index (χ4v) is 3.86. The van der Waals surface area contributed by atoms with Gasteiger partial charge in [-0.2, -0.15) is 0 Å². The van der Waals surface area contributed by atoms with Crippen molar-refractivity contribution in [1.29, 1.82) is 0 Å². The molecule has 1 aromatic heterocycles. The minimum atomic E-state index is -0.235. The number of ketones is 1. The molecule has 3 aromatic rings. The maximum absolute atomic E-state index is 13.1. The fourth-order valence-electron chi connectivity index (χ4n) is 3.86. The van der Waals surface area contributed by atoms with Crippen LogP contribution in [0.15, 0.2) is 72.9 Å². The number of aromatic nitrogens is 1. The lowest BCUT2D eigenvalue weighted by Gasteiger charge is -2.34. The van der Waals surface area contributed by atoms with Crippen LogP contribution in [0.4, 0.5) is 4.39 Å². The molecule has 0 saturated carbocycles. The first-order valence-electron chi connectivity index (χ1n) is 10.9. The molecule has 0 atom stereocenters. The zero-order chi connectivity index (χ0) is 22.3. The predicted molar refractivity (Wildman–Crippen MR) is 121 cm³/mol. The van der Waals surface area contributed by atoms with Crippen LogP contribution >= 0.6 is 0 Å². The molecule has 0 N–H and O–H groups in total. The third-order valence-corrected chi connectivity index (χ3v) is 5.76. The maximum Gasteiger partial charge on any atom is 0.255 e. The third kappa shape index (κ3) is 5.65. The van der Waals surface area contributed by atoms with Crippen molar-refractivity contribution in [3.8, 4) is 0 Å². The number of benzene rings is 2. The van der Waals surface area contributed by atoms with Gasteiger partial charge >= 0.3 is 0 Å². The molecule has 2 aromatic carbocycles. The first-order valence-corrected chi connectivity index (χ1v) is 10.9. The first-order chi connectivity index (χ1) is 15.6. The van der Waals surface area contributed by atoms with Gasteiger partial charge in [0.1, 0.15) is 11.5 Å². The van der Waals surface area contributed by atoms with Gasteiger partial charge in [0.25, 0.3) is 5.91 Å². The Morgan fingerprint density at radius 1 is 0.844 bits per heavy atom. The smallest absolute Gasteiger partial charge is 0.255 e. The van der Waals surface area contributed by atoms with E-state index in [-0.39, 0.29) is 17.5 Å². The highest BCUT2D eigenvalue weighted by atomic mass is 19.1. The molecular formula is C26H26FN3O2. The number of hydrogen-bond donors (Lipinski definition) is 0. The fraction of sp³-hybridized carbons (Fsp3) is 0.269. The molecule has 164 valence electrons. The highest BCUT2D eigenvalue weighted by Gasteiger charge is 2.22. The molecule has 0 aliphatic carbocycles. The molecule has 6 heteroatoms. The Morgan fingerprint density at radius 2 is 1.56 bits per heavy atom. The second-order valence-electron chi connectivity index (χ2n) is 8.04. The van der Waals surface area contributed by atoms with Crippen LogP contribution in [-0.2, 0) is 13.0 Å². The van der Waals surface area contributed by atoms with Crippen molar-refractivity contribution in [3.05, 3.63) is 101 Å². The van der Waals surface area contributed by atoms with Gasteiger partial charge in [-0.3, -0.25) is 19.5 Å². The largest absolute Gasteiger partial charge is 0.336 e. The summed E-state index contributed by atoms with van der Waals surface area (Å²) in [5.41, 5.74) is 3.06. The van der Waals surface area contributed by atoms with E-state index < -0.39 is 0 Å². The van der Waals surface area contributed by atoms with Gasteiger partial charge in [-0.05, 0) is 41.8 Å². The number of pyridine rings is 1. The van der Waals surface area contributed by atoms with E-state index in [1.54, 1.807) is 24.3 Å². The molecule has 0 spiro atoms. The lowest BCUT2D eigenvalue weighted by atomic mass is 10.1. The average molecular weight is 432 g/mol. The monoisotopic (exact) mass is 431 g/mol. The topological polar surface area (TPSA) is 53.5 Å². The van der Waals surface area contributed by atoms with E-state index >= 15 is 0 Å². The molecule has 0 unspecified atom stereocenters. The molecule has 2 heterocycles.